The number of methoxy groups -OCH3 is 1. The lowest BCUT2D eigenvalue weighted by Crippen LogP contribution is -2.45. The number of amides is 1. The molecule has 0 spiro atoms. The van der Waals surface area contributed by atoms with Gasteiger partial charge in [0.25, 0.3) is 0 Å². The number of fused-ring (bicyclic) bond motifs is 1. The zero-order valence-corrected chi connectivity index (χ0v) is 12.5. The lowest BCUT2D eigenvalue weighted by molar-refractivity contribution is -0.124. The van der Waals surface area contributed by atoms with E-state index in [1.54, 1.807) is 7.11 Å². The van der Waals surface area contributed by atoms with E-state index in [4.69, 9.17) is 10.5 Å². The van der Waals surface area contributed by atoms with Crippen LogP contribution >= 0.6 is 0 Å². The highest BCUT2D eigenvalue weighted by Gasteiger charge is 2.28. The molecule has 20 heavy (non-hydrogen) atoms. The van der Waals surface area contributed by atoms with Crippen LogP contribution in [0.2, 0.25) is 0 Å². The van der Waals surface area contributed by atoms with E-state index in [0.717, 1.165) is 30.6 Å². The highest BCUT2D eigenvalue weighted by Crippen LogP contribution is 2.36. The Morgan fingerprint density at radius 1 is 1.55 bits per heavy atom. The summed E-state index contributed by atoms with van der Waals surface area (Å²) in [5.41, 5.74) is 8.36. The fourth-order valence-corrected chi connectivity index (χ4v) is 2.74. The van der Waals surface area contributed by atoms with Gasteiger partial charge in [0, 0.05) is 0 Å². The van der Waals surface area contributed by atoms with E-state index >= 15 is 0 Å². The third-order valence-electron chi connectivity index (χ3n) is 4.32. The molecule has 0 bridgehead atoms. The Morgan fingerprint density at radius 3 is 2.95 bits per heavy atom. The van der Waals surface area contributed by atoms with Gasteiger partial charge in [-0.2, -0.15) is 0 Å². The van der Waals surface area contributed by atoms with Gasteiger partial charge in [-0.05, 0) is 36.0 Å². The van der Waals surface area contributed by atoms with Crippen molar-refractivity contribution in [2.75, 3.05) is 7.11 Å². The molecule has 3 atom stereocenters. The van der Waals surface area contributed by atoms with Crippen molar-refractivity contribution in [3.8, 4) is 5.75 Å². The third kappa shape index (κ3) is 2.80. The van der Waals surface area contributed by atoms with Gasteiger partial charge in [0.05, 0.1) is 19.2 Å². The summed E-state index contributed by atoms with van der Waals surface area (Å²) >= 11 is 0. The molecule has 1 amide bonds. The Hall–Kier alpha value is -1.55. The first kappa shape index (κ1) is 14.9. The molecule has 3 N–H and O–H groups in total. The lowest BCUT2D eigenvalue weighted by Gasteiger charge is -2.21. The van der Waals surface area contributed by atoms with Crippen molar-refractivity contribution in [1.29, 1.82) is 0 Å². The Kier molecular flexibility index (Phi) is 4.65. The fraction of sp³-hybridized carbons (Fsp3) is 0.562. The average molecular weight is 276 g/mol. The second kappa shape index (κ2) is 6.27. The summed E-state index contributed by atoms with van der Waals surface area (Å²) in [5, 5.41) is 3.08. The van der Waals surface area contributed by atoms with Gasteiger partial charge in [-0.3, -0.25) is 4.79 Å². The van der Waals surface area contributed by atoms with Gasteiger partial charge in [-0.1, -0.05) is 32.4 Å². The van der Waals surface area contributed by atoms with Gasteiger partial charge in [0.1, 0.15) is 5.75 Å². The van der Waals surface area contributed by atoms with Crippen LogP contribution in [0.5, 0.6) is 5.75 Å². The molecule has 110 valence electrons. The van der Waals surface area contributed by atoms with Gasteiger partial charge in [-0.25, -0.2) is 0 Å². The van der Waals surface area contributed by atoms with Crippen molar-refractivity contribution >= 4 is 5.91 Å². The second-order valence-corrected chi connectivity index (χ2v) is 5.54. The summed E-state index contributed by atoms with van der Waals surface area (Å²) in [7, 11) is 1.68. The molecule has 0 heterocycles. The number of hydrogen-bond acceptors (Lipinski definition) is 3. The Labute approximate surface area is 120 Å². The van der Waals surface area contributed by atoms with Gasteiger partial charge in [-0.15, -0.1) is 0 Å². The number of carbonyl (C=O) groups is 1. The van der Waals surface area contributed by atoms with Gasteiger partial charge >= 0.3 is 0 Å². The number of ether oxygens (including phenoxy) is 1. The molecule has 4 nitrogen and oxygen atoms in total. The first-order valence-corrected chi connectivity index (χ1v) is 7.30. The molecular formula is C16H24N2O2. The molecule has 0 aliphatic heterocycles. The van der Waals surface area contributed by atoms with Crippen molar-refractivity contribution in [1.82, 2.24) is 5.32 Å². The van der Waals surface area contributed by atoms with Crippen LogP contribution in [0.25, 0.3) is 0 Å². The monoisotopic (exact) mass is 276 g/mol. The third-order valence-corrected chi connectivity index (χ3v) is 4.32. The molecule has 1 aromatic rings. The van der Waals surface area contributed by atoms with E-state index in [9.17, 15) is 4.79 Å². The molecule has 2 rings (SSSR count). The fourth-order valence-electron chi connectivity index (χ4n) is 2.74. The minimum absolute atomic E-state index is 0.0555. The van der Waals surface area contributed by atoms with Crippen LogP contribution in [-0.4, -0.2) is 19.1 Å². The summed E-state index contributed by atoms with van der Waals surface area (Å²) in [4.78, 5) is 12.2. The largest absolute Gasteiger partial charge is 0.496 e. The van der Waals surface area contributed by atoms with E-state index < -0.39 is 6.04 Å². The lowest BCUT2D eigenvalue weighted by atomic mass is 9.98. The number of carbonyl (C=O) groups excluding carboxylic acids is 1. The van der Waals surface area contributed by atoms with Crippen LogP contribution in [0.15, 0.2) is 18.2 Å². The van der Waals surface area contributed by atoms with Crippen LogP contribution in [0.3, 0.4) is 0 Å². The van der Waals surface area contributed by atoms with Gasteiger partial charge in [0.15, 0.2) is 0 Å². The molecular weight excluding hydrogens is 252 g/mol. The number of hydrogen-bond donors (Lipinski definition) is 2. The van der Waals surface area contributed by atoms with Crippen molar-refractivity contribution < 1.29 is 9.53 Å². The van der Waals surface area contributed by atoms with Crippen molar-refractivity contribution in [2.24, 2.45) is 11.7 Å². The van der Waals surface area contributed by atoms with E-state index in [2.05, 4.69) is 11.4 Å². The molecule has 3 unspecified atom stereocenters. The number of nitrogens with two attached hydrogens (primary N) is 1. The Bertz CT molecular complexity index is 487. The second-order valence-electron chi connectivity index (χ2n) is 5.54. The van der Waals surface area contributed by atoms with Crippen molar-refractivity contribution in [3.05, 3.63) is 29.3 Å². The van der Waals surface area contributed by atoms with E-state index in [0.29, 0.717) is 0 Å². The van der Waals surface area contributed by atoms with E-state index in [-0.39, 0.29) is 17.9 Å². The maximum Gasteiger partial charge on any atom is 0.237 e. The summed E-state index contributed by atoms with van der Waals surface area (Å²) in [5.74, 6) is 1.05. The smallest absolute Gasteiger partial charge is 0.237 e. The molecule has 0 saturated carbocycles. The SMILES string of the molecule is CCC(C)C(N)C(=O)NC1CCc2c(OC)cccc21. The van der Waals surface area contributed by atoms with E-state index in [1.165, 1.54) is 5.56 Å². The predicted molar refractivity (Wildman–Crippen MR) is 79.6 cm³/mol. The average Bonchev–Trinajstić information content (AvgIpc) is 2.88. The molecule has 1 aliphatic carbocycles. The van der Waals surface area contributed by atoms with Crippen LogP contribution < -0.4 is 15.8 Å². The topological polar surface area (TPSA) is 64.4 Å². The van der Waals surface area contributed by atoms with Crippen LogP contribution in [-0.2, 0) is 11.2 Å². The quantitative estimate of drug-likeness (QED) is 0.866. The Balaban J connectivity index is 2.09. The van der Waals surface area contributed by atoms with Gasteiger partial charge in [0.2, 0.25) is 5.91 Å². The minimum atomic E-state index is -0.436. The van der Waals surface area contributed by atoms with Crippen LogP contribution in [0.1, 0.15) is 43.9 Å². The number of nitrogens with one attached hydrogen (secondary N) is 1. The maximum absolute atomic E-state index is 12.2. The molecule has 1 aliphatic rings. The van der Waals surface area contributed by atoms with E-state index in [1.807, 2.05) is 26.0 Å². The van der Waals surface area contributed by atoms with Crippen LogP contribution in [0.4, 0.5) is 0 Å². The molecule has 0 saturated heterocycles. The zero-order valence-electron chi connectivity index (χ0n) is 12.5. The number of benzene rings is 1. The molecule has 1 aromatic carbocycles. The molecule has 4 heteroatoms. The first-order valence-electron chi connectivity index (χ1n) is 7.30. The van der Waals surface area contributed by atoms with Crippen molar-refractivity contribution in [2.45, 2.75) is 45.2 Å². The highest BCUT2D eigenvalue weighted by atomic mass is 16.5. The zero-order chi connectivity index (χ0) is 14.7. The predicted octanol–water partition coefficient (Wildman–Crippen LogP) is 2.17. The van der Waals surface area contributed by atoms with Crippen LogP contribution in [0, 0.1) is 5.92 Å². The number of rotatable bonds is 5. The minimum Gasteiger partial charge on any atom is -0.496 e. The molecule has 0 fully saturated rings. The summed E-state index contributed by atoms with van der Waals surface area (Å²) in [6.45, 7) is 4.06. The normalized spacial score (nSPS) is 20.1. The summed E-state index contributed by atoms with van der Waals surface area (Å²) in [6, 6.07) is 5.62. The summed E-state index contributed by atoms with van der Waals surface area (Å²) in [6.07, 6.45) is 2.75. The molecule has 0 aromatic heterocycles. The summed E-state index contributed by atoms with van der Waals surface area (Å²) < 4.78 is 5.38. The van der Waals surface area contributed by atoms with Crippen molar-refractivity contribution in [3.63, 3.8) is 0 Å². The maximum atomic E-state index is 12.2. The Morgan fingerprint density at radius 2 is 2.30 bits per heavy atom. The standard InChI is InChI=1S/C16H24N2O2/c1-4-10(2)15(17)16(19)18-13-9-8-12-11(13)6-5-7-14(12)20-3/h5-7,10,13,15H,4,8-9,17H2,1-3H3,(H,18,19). The first-order chi connectivity index (χ1) is 9.58. The van der Waals surface area contributed by atoms with Gasteiger partial charge < -0.3 is 15.8 Å². The highest BCUT2D eigenvalue weighted by molar-refractivity contribution is 5.82. The molecule has 0 radical (unpaired) electrons.